The third-order valence-corrected chi connectivity index (χ3v) is 5.03. The number of nitrogens with two attached hydrogens (primary N) is 1. The summed E-state index contributed by atoms with van der Waals surface area (Å²) < 4.78 is 25.2. The Labute approximate surface area is 119 Å². The molecule has 2 aromatic heterocycles. The van der Waals surface area contributed by atoms with Crippen LogP contribution in [0.2, 0.25) is 0 Å². The smallest absolute Gasteiger partial charge is 0.151 e. The molecule has 20 heavy (non-hydrogen) atoms. The molecule has 1 atom stereocenters. The number of hydrogen-bond donors (Lipinski definition) is 1. The third kappa shape index (κ3) is 3.37. The summed E-state index contributed by atoms with van der Waals surface area (Å²) in [5, 5.41) is 1.05. The zero-order valence-corrected chi connectivity index (χ0v) is 12.7. The van der Waals surface area contributed by atoms with Gasteiger partial charge in [0.15, 0.2) is 9.84 Å². The van der Waals surface area contributed by atoms with Crippen molar-refractivity contribution in [1.29, 1.82) is 0 Å². The molecule has 0 aromatic carbocycles. The van der Waals surface area contributed by atoms with Crippen LogP contribution in [0.15, 0.2) is 24.5 Å². The highest BCUT2D eigenvalue weighted by Gasteiger charge is 2.13. The average Bonchev–Trinajstić information content (AvgIpc) is 2.75. The van der Waals surface area contributed by atoms with Gasteiger partial charge in [-0.1, -0.05) is 6.92 Å². The molecule has 0 saturated carbocycles. The van der Waals surface area contributed by atoms with Crippen LogP contribution in [0, 0.1) is 0 Å². The number of hydrogen-bond acceptors (Lipinski definition) is 4. The second kappa shape index (κ2) is 5.93. The van der Waals surface area contributed by atoms with E-state index in [9.17, 15) is 8.42 Å². The fraction of sp³-hybridized carbons (Fsp3) is 0.500. The van der Waals surface area contributed by atoms with Gasteiger partial charge in [-0.3, -0.25) is 0 Å². The van der Waals surface area contributed by atoms with Gasteiger partial charge < -0.3 is 10.3 Å². The predicted octanol–water partition coefficient (Wildman–Crippen LogP) is 1.36. The summed E-state index contributed by atoms with van der Waals surface area (Å²) in [4.78, 5) is 4.36. The molecule has 2 rings (SSSR count). The number of aromatic nitrogens is 2. The Morgan fingerprint density at radius 3 is 2.85 bits per heavy atom. The van der Waals surface area contributed by atoms with Crippen molar-refractivity contribution in [2.24, 2.45) is 5.73 Å². The molecule has 2 N–H and O–H groups in total. The number of pyridine rings is 1. The number of nitrogens with zero attached hydrogens (tertiary/aromatic N) is 2. The molecular formula is C14H21N3O2S. The van der Waals surface area contributed by atoms with Crippen molar-refractivity contribution >= 4 is 20.9 Å². The Hall–Kier alpha value is -1.40. The standard InChI is InChI=1S/C14H21N3O2S/c1-3-20(18,19)8-7-17-10-12(9-11(2)15)13-5-4-6-16-14(13)17/h4-6,10-11H,3,7-9,15H2,1-2H3. The first-order valence-corrected chi connectivity index (χ1v) is 8.64. The molecule has 0 radical (unpaired) electrons. The van der Waals surface area contributed by atoms with Gasteiger partial charge in [0.05, 0.1) is 5.75 Å². The molecule has 6 heteroatoms. The lowest BCUT2D eigenvalue weighted by molar-refractivity contribution is 0.591. The molecule has 2 aromatic rings. The first kappa shape index (κ1) is 15.0. The quantitative estimate of drug-likeness (QED) is 0.873. The lowest BCUT2D eigenvalue weighted by Crippen LogP contribution is -2.17. The lowest BCUT2D eigenvalue weighted by Gasteiger charge is -2.04. The van der Waals surface area contributed by atoms with Crippen LogP contribution >= 0.6 is 0 Å². The van der Waals surface area contributed by atoms with E-state index in [1.807, 2.05) is 29.8 Å². The first-order valence-electron chi connectivity index (χ1n) is 6.81. The molecule has 0 bridgehead atoms. The van der Waals surface area contributed by atoms with E-state index in [0.29, 0.717) is 6.54 Å². The van der Waals surface area contributed by atoms with E-state index in [1.54, 1.807) is 13.1 Å². The molecule has 2 heterocycles. The van der Waals surface area contributed by atoms with Crippen molar-refractivity contribution in [3.8, 4) is 0 Å². The summed E-state index contributed by atoms with van der Waals surface area (Å²) in [6.45, 7) is 4.06. The Morgan fingerprint density at radius 2 is 2.20 bits per heavy atom. The van der Waals surface area contributed by atoms with E-state index in [-0.39, 0.29) is 17.5 Å². The number of aryl methyl sites for hydroxylation is 1. The average molecular weight is 295 g/mol. The van der Waals surface area contributed by atoms with Gasteiger partial charge in [0.2, 0.25) is 0 Å². The Kier molecular flexibility index (Phi) is 4.45. The van der Waals surface area contributed by atoms with E-state index in [2.05, 4.69) is 4.98 Å². The van der Waals surface area contributed by atoms with Crippen molar-refractivity contribution in [3.63, 3.8) is 0 Å². The maximum atomic E-state index is 11.6. The van der Waals surface area contributed by atoms with Gasteiger partial charge >= 0.3 is 0 Å². The maximum Gasteiger partial charge on any atom is 0.151 e. The second-order valence-corrected chi connectivity index (χ2v) is 7.61. The largest absolute Gasteiger partial charge is 0.331 e. The van der Waals surface area contributed by atoms with Gasteiger partial charge in [0, 0.05) is 36.1 Å². The van der Waals surface area contributed by atoms with Gasteiger partial charge in [-0.2, -0.15) is 0 Å². The molecule has 0 fully saturated rings. The van der Waals surface area contributed by atoms with Crippen molar-refractivity contribution in [2.75, 3.05) is 11.5 Å². The molecule has 0 amide bonds. The van der Waals surface area contributed by atoms with Crippen LogP contribution in [-0.4, -0.2) is 35.5 Å². The van der Waals surface area contributed by atoms with Crippen molar-refractivity contribution in [3.05, 3.63) is 30.1 Å². The van der Waals surface area contributed by atoms with Gasteiger partial charge in [-0.15, -0.1) is 0 Å². The third-order valence-electron chi connectivity index (χ3n) is 3.34. The zero-order chi connectivity index (χ0) is 14.8. The minimum atomic E-state index is -2.97. The highest BCUT2D eigenvalue weighted by Crippen LogP contribution is 2.20. The van der Waals surface area contributed by atoms with Crippen molar-refractivity contribution in [1.82, 2.24) is 9.55 Å². The van der Waals surface area contributed by atoms with Gasteiger partial charge in [0.25, 0.3) is 0 Å². The van der Waals surface area contributed by atoms with Crippen LogP contribution in [-0.2, 0) is 22.8 Å². The molecule has 1 unspecified atom stereocenters. The van der Waals surface area contributed by atoms with Crippen LogP contribution < -0.4 is 5.73 Å². The van der Waals surface area contributed by atoms with Crippen LogP contribution in [0.4, 0.5) is 0 Å². The zero-order valence-electron chi connectivity index (χ0n) is 11.9. The van der Waals surface area contributed by atoms with Crippen molar-refractivity contribution < 1.29 is 8.42 Å². The Bertz CT molecular complexity index is 690. The van der Waals surface area contributed by atoms with Gasteiger partial charge in [0.1, 0.15) is 5.65 Å². The monoisotopic (exact) mass is 295 g/mol. The maximum absolute atomic E-state index is 11.6. The van der Waals surface area contributed by atoms with E-state index in [4.69, 9.17) is 5.73 Å². The van der Waals surface area contributed by atoms with Crippen molar-refractivity contribution in [2.45, 2.75) is 32.9 Å². The van der Waals surface area contributed by atoms with E-state index < -0.39 is 9.84 Å². The fourth-order valence-electron chi connectivity index (χ4n) is 2.26. The minimum Gasteiger partial charge on any atom is -0.331 e. The second-order valence-electron chi connectivity index (χ2n) is 5.14. The van der Waals surface area contributed by atoms with Crippen LogP contribution in [0.3, 0.4) is 0 Å². The van der Waals surface area contributed by atoms with E-state index >= 15 is 0 Å². The fourth-order valence-corrected chi connectivity index (χ4v) is 3.02. The van der Waals surface area contributed by atoms with Crippen LogP contribution in [0.25, 0.3) is 11.0 Å². The molecule has 5 nitrogen and oxygen atoms in total. The molecule has 110 valence electrons. The molecule has 0 spiro atoms. The molecular weight excluding hydrogens is 274 g/mol. The summed E-state index contributed by atoms with van der Waals surface area (Å²) in [5.41, 5.74) is 7.81. The Morgan fingerprint density at radius 1 is 1.45 bits per heavy atom. The number of sulfone groups is 1. The summed E-state index contributed by atoms with van der Waals surface area (Å²) in [6.07, 6.45) is 4.46. The number of rotatable bonds is 6. The van der Waals surface area contributed by atoms with E-state index in [1.165, 1.54) is 0 Å². The minimum absolute atomic E-state index is 0.0635. The van der Waals surface area contributed by atoms with Crippen LogP contribution in [0.1, 0.15) is 19.4 Å². The SMILES string of the molecule is CCS(=O)(=O)CCn1cc(CC(C)N)c2cccnc21. The van der Waals surface area contributed by atoms with Gasteiger partial charge in [-0.05, 0) is 31.0 Å². The Balaban J connectivity index is 2.34. The topological polar surface area (TPSA) is 78.0 Å². The highest BCUT2D eigenvalue weighted by molar-refractivity contribution is 7.91. The molecule has 0 aliphatic heterocycles. The molecule has 0 saturated heterocycles. The number of fused-ring (bicyclic) bond motifs is 1. The molecule has 0 aliphatic carbocycles. The summed E-state index contributed by atoms with van der Waals surface area (Å²) >= 11 is 0. The van der Waals surface area contributed by atoms with Crippen LogP contribution in [0.5, 0.6) is 0 Å². The predicted molar refractivity (Wildman–Crippen MR) is 81.4 cm³/mol. The normalized spacial score (nSPS) is 13.8. The highest BCUT2D eigenvalue weighted by atomic mass is 32.2. The summed E-state index contributed by atoms with van der Waals surface area (Å²) in [7, 11) is -2.97. The lowest BCUT2D eigenvalue weighted by atomic mass is 10.1. The summed E-state index contributed by atoms with van der Waals surface area (Å²) in [6, 6.07) is 3.96. The van der Waals surface area contributed by atoms with Gasteiger partial charge in [-0.25, -0.2) is 13.4 Å². The van der Waals surface area contributed by atoms with E-state index in [0.717, 1.165) is 23.0 Å². The first-order chi connectivity index (χ1) is 9.43. The summed E-state index contributed by atoms with van der Waals surface area (Å²) in [5.74, 6) is 0.313. The molecule has 0 aliphatic rings.